The van der Waals surface area contributed by atoms with Crippen LogP contribution in [0.1, 0.15) is 12.5 Å². The smallest absolute Gasteiger partial charge is 0.274 e. The number of nitrogens with zero attached hydrogens (tertiary/aromatic N) is 2. The molecule has 5 nitrogen and oxygen atoms in total. The zero-order chi connectivity index (χ0) is 16.7. The van der Waals surface area contributed by atoms with Crippen molar-refractivity contribution >= 4 is 45.0 Å². The first-order valence-corrected chi connectivity index (χ1v) is 8.23. The van der Waals surface area contributed by atoms with Crippen LogP contribution >= 0.6 is 11.3 Å². The van der Waals surface area contributed by atoms with Crippen LogP contribution in [-0.2, 0) is 4.79 Å². The summed E-state index contributed by atoms with van der Waals surface area (Å²) in [4.78, 5) is 28.9. The molecule has 0 saturated carbocycles. The van der Waals surface area contributed by atoms with Crippen LogP contribution in [0.15, 0.2) is 53.3 Å². The average Bonchev–Trinajstić information content (AvgIpc) is 3.06. The summed E-state index contributed by atoms with van der Waals surface area (Å²) >= 11 is 1.37. The Bertz CT molecular complexity index is 1170. The van der Waals surface area contributed by atoms with Crippen LogP contribution in [0.25, 0.3) is 22.1 Å². The summed E-state index contributed by atoms with van der Waals surface area (Å²) in [5.74, 6) is -0.111. The van der Waals surface area contributed by atoms with Crippen molar-refractivity contribution in [1.29, 1.82) is 0 Å². The van der Waals surface area contributed by atoms with E-state index in [-0.39, 0.29) is 11.5 Å². The molecular weight excluding hydrogens is 322 g/mol. The van der Waals surface area contributed by atoms with Gasteiger partial charge in [0.2, 0.25) is 5.91 Å². The van der Waals surface area contributed by atoms with Gasteiger partial charge in [-0.2, -0.15) is 0 Å². The number of para-hydroxylation sites is 2. The van der Waals surface area contributed by atoms with Gasteiger partial charge >= 0.3 is 0 Å². The average molecular weight is 335 g/mol. The highest BCUT2D eigenvalue weighted by atomic mass is 32.1. The number of anilines is 1. The molecule has 0 fully saturated rings. The van der Waals surface area contributed by atoms with Gasteiger partial charge in [-0.3, -0.25) is 9.59 Å². The maximum absolute atomic E-state index is 12.7. The Labute approximate surface area is 140 Å². The van der Waals surface area contributed by atoms with Crippen molar-refractivity contribution in [2.75, 3.05) is 5.32 Å². The van der Waals surface area contributed by atoms with E-state index in [1.54, 1.807) is 4.40 Å². The number of benzene rings is 2. The Balaban J connectivity index is 1.81. The molecule has 24 heavy (non-hydrogen) atoms. The van der Waals surface area contributed by atoms with Crippen molar-refractivity contribution in [3.63, 3.8) is 0 Å². The first-order chi connectivity index (χ1) is 11.6. The van der Waals surface area contributed by atoms with Gasteiger partial charge in [0.1, 0.15) is 0 Å². The third-order valence-electron chi connectivity index (χ3n) is 3.67. The molecule has 4 rings (SSSR count). The van der Waals surface area contributed by atoms with Crippen molar-refractivity contribution in [2.24, 2.45) is 0 Å². The topological polar surface area (TPSA) is 63.5 Å². The van der Waals surface area contributed by atoms with E-state index in [1.807, 2.05) is 54.6 Å². The first kappa shape index (κ1) is 14.6. The number of rotatable bonds is 2. The summed E-state index contributed by atoms with van der Waals surface area (Å²) in [5.41, 5.74) is 3.22. The summed E-state index contributed by atoms with van der Waals surface area (Å²) in [6.45, 7) is 1.47. The minimum Gasteiger partial charge on any atom is -0.326 e. The summed E-state index contributed by atoms with van der Waals surface area (Å²) in [6.07, 6.45) is 1.84. The maximum Gasteiger partial charge on any atom is 0.274 e. The first-order valence-electron chi connectivity index (χ1n) is 7.41. The van der Waals surface area contributed by atoms with Crippen molar-refractivity contribution in [3.8, 4) is 0 Å². The van der Waals surface area contributed by atoms with Gasteiger partial charge in [0.15, 0.2) is 4.96 Å². The molecule has 6 heteroatoms. The molecule has 1 N–H and O–H groups in total. The number of thiazole rings is 1. The summed E-state index contributed by atoms with van der Waals surface area (Å²) in [5, 5.41) is 2.72. The summed E-state index contributed by atoms with van der Waals surface area (Å²) < 4.78 is 2.29. The summed E-state index contributed by atoms with van der Waals surface area (Å²) in [6, 6.07) is 15.0. The fourth-order valence-electron chi connectivity index (χ4n) is 2.63. The number of amides is 1. The quantitative estimate of drug-likeness (QED) is 0.612. The molecule has 0 aliphatic carbocycles. The second-order valence-corrected chi connectivity index (χ2v) is 6.45. The molecule has 2 heterocycles. The van der Waals surface area contributed by atoms with E-state index in [9.17, 15) is 9.59 Å². The number of carbonyl (C=O) groups is 1. The van der Waals surface area contributed by atoms with E-state index in [1.165, 1.54) is 18.3 Å². The lowest BCUT2D eigenvalue weighted by Gasteiger charge is -2.01. The number of hydrogen-bond donors (Lipinski definition) is 1. The Kier molecular flexibility index (Phi) is 3.39. The van der Waals surface area contributed by atoms with Crippen molar-refractivity contribution in [3.05, 3.63) is 69.0 Å². The third-order valence-corrected chi connectivity index (χ3v) is 4.64. The Morgan fingerprint density at radius 1 is 1.17 bits per heavy atom. The Hall–Kier alpha value is -2.99. The number of hydrogen-bond acceptors (Lipinski definition) is 4. The molecule has 0 aliphatic heterocycles. The van der Waals surface area contributed by atoms with Crippen LogP contribution in [0.3, 0.4) is 0 Å². The van der Waals surface area contributed by atoms with E-state index in [4.69, 9.17) is 0 Å². The molecular formula is C18H13N3O2S. The standard InChI is InChI=1S/C18H13N3O2S/c1-11(22)19-13-8-6-12(7-9-13)10-16-17(23)21-15-5-3-2-4-14(15)20-18(21)24-16/h2-10H,1H3,(H,19,22). The van der Waals surface area contributed by atoms with Crippen LogP contribution in [0, 0.1) is 0 Å². The fourth-order valence-corrected chi connectivity index (χ4v) is 3.62. The highest BCUT2D eigenvalue weighted by Crippen LogP contribution is 2.16. The van der Waals surface area contributed by atoms with Gasteiger partial charge in [-0.05, 0) is 35.9 Å². The van der Waals surface area contributed by atoms with Crippen LogP contribution < -0.4 is 15.4 Å². The zero-order valence-electron chi connectivity index (χ0n) is 12.8. The van der Waals surface area contributed by atoms with E-state index in [0.717, 1.165) is 22.3 Å². The van der Waals surface area contributed by atoms with E-state index < -0.39 is 0 Å². The van der Waals surface area contributed by atoms with Gasteiger partial charge in [-0.25, -0.2) is 9.38 Å². The molecule has 0 saturated heterocycles. The second kappa shape index (κ2) is 5.58. The molecule has 0 unspecified atom stereocenters. The SMILES string of the molecule is CC(=O)Nc1ccc(C=c2sc3nc4ccccc4n3c2=O)cc1. The summed E-state index contributed by atoms with van der Waals surface area (Å²) in [7, 11) is 0. The lowest BCUT2D eigenvalue weighted by molar-refractivity contribution is -0.114. The predicted octanol–water partition coefficient (Wildman–Crippen LogP) is 2.42. The number of nitrogens with one attached hydrogen (secondary N) is 1. The minimum absolute atomic E-state index is 0.0605. The largest absolute Gasteiger partial charge is 0.326 e. The van der Waals surface area contributed by atoms with Gasteiger partial charge in [0.05, 0.1) is 15.6 Å². The van der Waals surface area contributed by atoms with Crippen LogP contribution in [0.2, 0.25) is 0 Å². The van der Waals surface area contributed by atoms with Gasteiger partial charge in [-0.1, -0.05) is 35.6 Å². The molecule has 0 aliphatic rings. The lowest BCUT2D eigenvalue weighted by atomic mass is 10.2. The van der Waals surface area contributed by atoms with E-state index in [2.05, 4.69) is 10.3 Å². The van der Waals surface area contributed by atoms with Gasteiger partial charge in [0, 0.05) is 12.6 Å². The number of imidazole rings is 1. The predicted molar refractivity (Wildman–Crippen MR) is 96.4 cm³/mol. The second-order valence-electron chi connectivity index (χ2n) is 5.44. The third kappa shape index (κ3) is 2.47. The van der Waals surface area contributed by atoms with Gasteiger partial charge in [0.25, 0.3) is 5.56 Å². The molecule has 0 spiro atoms. The molecule has 0 radical (unpaired) electrons. The lowest BCUT2D eigenvalue weighted by Crippen LogP contribution is -2.22. The van der Waals surface area contributed by atoms with Crippen LogP contribution in [0.5, 0.6) is 0 Å². The van der Waals surface area contributed by atoms with Crippen LogP contribution in [-0.4, -0.2) is 15.3 Å². The van der Waals surface area contributed by atoms with Crippen molar-refractivity contribution in [2.45, 2.75) is 6.92 Å². The number of fused-ring (bicyclic) bond motifs is 3. The van der Waals surface area contributed by atoms with Gasteiger partial charge in [-0.15, -0.1) is 0 Å². The zero-order valence-corrected chi connectivity index (χ0v) is 13.6. The molecule has 2 aromatic carbocycles. The monoisotopic (exact) mass is 335 g/mol. The minimum atomic E-state index is -0.111. The molecule has 2 aromatic heterocycles. The van der Waals surface area contributed by atoms with Crippen LogP contribution in [0.4, 0.5) is 5.69 Å². The van der Waals surface area contributed by atoms with Crippen molar-refractivity contribution in [1.82, 2.24) is 9.38 Å². The molecule has 4 aromatic rings. The maximum atomic E-state index is 12.7. The van der Waals surface area contributed by atoms with E-state index in [0.29, 0.717) is 9.49 Å². The molecule has 0 bridgehead atoms. The fraction of sp³-hybridized carbons (Fsp3) is 0.0556. The molecule has 1 amide bonds. The Morgan fingerprint density at radius 3 is 2.67 bits per heavy atom. The highest BCUT2D eigenvalue weighted by Gasteiger charge is 2.10. The highest BCUT2D eigenvalue weighted by molar-refractivity contribution is 7.15. The molecule has 0 atom stereocenters. The number of carbonyl (C=O) groups excluding carboxylic acids is 1. The van der Waals surface area contributed by atoms with E-state index >= 15 is 0 Å². The molecule has 118 valence electrons. The Morgan fingerprint density at radius 2 is 1.92 bits per heavy atom. The normalized spacial score (nSPS) is 12.1. The number of aromatic nitrogens is 2. The van der Waals surface area contributed by atoms with Gasteiger partial charge < -0.3 is 5.32 Å². The van der Waals surface area contributed by atoms with Crippen molar-refractivity contribution < 1.29 is 4.79 Å².